The highest BCUT2D eigenvalue weighted by atomic mass is 32.2. The normalized spacial score (nSPS) is 11.5. The molecule has 0 saturated heterocycles. The number of imidazole rings is 1. The van der Waals surface area contributed by atoms with Crippen LogP contribution >= 0.6 is 11.8 Å². The van der Waals surface area contributed by atoms with Crippen LogP contribution in [0.1, 0.15) is 5.82 Å². The van der Waals surface area contributed by atoms with Gasteiger partial charge in [0.1, 0.15) is 12.4 Å². The van der Waals surface area contributed by atoms with Crippen LogP contribution in [0.3, 0.4) is 0 Å². The van der Waals surface area contributed by atoms with Crippen LogP contribution < -0.4 is 11.1 Å². The van der Waals surface area contributed by atoms with Crippen LogP contribution in [0.2, 0.25) is 0 Å². The molecule has 0 saturated carbocycles. The summed E-state index contributed by atoms with van der Waals surface area (Å²) in [6.45, 7) is -1.15. The Morgan fingerprint density at radius 3 is 2.31 bits per heavy atom. The third kappa shape index (κ3) is 5.55. The Labute approximate surface area is 186 Å². The molecular formula is C21H18F3N7S. The molecule has 164 valence electrons. The van der Waals surface area contributed by atoms with Crippen molar-refractivity contribution in [3.05, 3.63) is 72.7 Å². The van der Waals surface area contributed by atoms with Gasteiger partial charge in [0.15, 0.2) is 5.16 Å². The number of aromatic nitrogens is 5. The summed E-state index contributed by atoms with van der Waals surface area (Å²) in [6.07, 6.45) is -2.96. The van der Waals surface area contributed by atoms with Gasteiger partial charge >= 0.3 is 6.18 Å². The van der Waals surface area contributed by atoms with Gasteiger partial charge in [0.05, 0.1) is 17.6 Å². The minimum absolute atomic E-state index is 0.0117. The van der Waals surface area contributed by atoms with Crippen LogP contribution in [-0.4, -0.2) is 30.7 Å². The molecule has 2 aromatic carbocycles. The van der Waals surface area contributed by atoms with E-state index in [1.54, 1.807) is 30.3 Å². The predicted molar refractivity (Wildman–Crippen MR) is 117 cm³/mol. The van der Waals surface area contributed by atoms with Gasteiger partial charge in [-0.15, -0.1) is 0 Å². The van der Waals surface area contributed by atoms with Gasteiger partial charge in [-0.1, -0.05) is 60.3 Å². The number of nitrogens with two attached hydrogens (primary N) is 1. The van der Waals surface area contributed by atoms with Gasteiger partial charge in [-0.05, 0) is 17.7 Å². The molecule has 3 N–H and O–H groups in total. The van der Waals surface area contributed by atoms with Crippen molar-refractivity contribution in [1.82, 2.24) is 24.5 Å². The summed E-state index contributed by atoms with van der Waals surface area (Å²) in [7, 11) is 0. The second kappa shape index (κ2) is 9.27. The third-order valence-electron chi connectivity index (χ3n) is 4.29. The summed E-state index contributed by atoms with van der Waals surface area (Å²) in [4.78, 5) is 16.7. The third-order valence-corrected chi connectivity index (χ3v) is 5.27. The summed E-state index contributed by atoms with van der Waals surface area (Å²) in [6, 6.07) is 18.1. The molecule has 0 aliphatic carbocycles. The number of nitrogens with one attached hydrogen (secondary N) is 1. The Morgan fingerprint density at radius 2 is 1.62 bits per heavy atom. The molecule has 0 unspecified atom stereocenters. The lowest BCUT2D eigenvalue weighted by atomic mass is 10.2. The lowest BCUT2D eigenvalue weighted by Gasteiger charge is -2.14. The molecule has 0 bridgehead atoms. The molecule has 7 nitrogen and oxygen atoms in total. The zero-order valence-electron chi connectivity index (χ0n) is 16.6. The van der Waals surface area contributed by atoms with Crippen molar-refractivity contribution >= 4 is 29.3 Å². The molecule has 4 aromatic rings. The Bertz CT molecular complexity index is 1180. The van der Waals surface area contributed by atoms with Gasteiger partial charge in [0.25, 0.3) is 0 Å². The average Bonchev–Trinajstić information content (AvgIpc) is 3.14. The first-order valence-corrected chi connectivity index (χ1v) is 10.5. The number of alkyl halides is 3. The maximum Gasteiger partial charge on any atom is 0.406 e. The van der Waals surface area contributed by atoms with E-state index in [-0.39, 0.29) is 22.8 Å². The fraction of sp³-hybridized carbons (Fsp3) is 0.143. The largest absolute Gasteiger partial charge is 0.406 e. The molecule has 0 amide bonds. The molecule has 2 heterocycles. The second-order valence-corrected chi connectivity index (χ2v) is 7.65. The fourth-order valence-electron chi connectivity index (χ4n) is 2.98. The zero-order valence-corrected chi connectivity index (χ0v) is 17.4. The van der Waals surface area contributed by atoms with Crippen molar-refractivity contribution in [2.24, 2.45) is 0 Å². The van der Waals surface area contributed by atoms with Crippen LogP contribution in [0.15, 0.2) is 72.0 Å². The van der Waals surface area contributed by atoms with Gasteiger partial charge in [-0.25, -0.2) is 4.98 Å². The standard InChI is InChI=1S/C21H18F3N7S/c22-21(23,24)13-31-16(14-7-3-1-4-8-14)11-26-20(31)32-12-17-28-18(25)30-19(29-17)27-15-9-5-2-6-10-15/h1-11H,12-13H2,(H3,25,27,28,29,30). The maximum absolute atomic E-state index is 13.3. The molecule has 2 aromatic heterocycles. The molecule has 11 heteroatoms. The number of hydrogen-bond donors (Lipinski definition) is 2. The molecular weight excluding hydrogens is 439 g/mol. The Balaban J connectivity index is 1.56. The lowest BCUT2D eigenvalue weighted by molar-refractivity contribution is -0.141. The molecule has 0 radical (unpaired) electrons. The van der Waals surface area contributed by atoms with Crippen LogP contribution in [0, 0.1) is 0 Å². The van der Waals surface area contributed by atoms with Crippen LogP contribution in [0.5, 0.6) is 0 Å². The van der Waals surface area contributed by atoms with Crippen LogP contribution in [0.25, 0.3) is 11.3 Å². The van der Waals surface area contributed by atoms with Gasteiger partial charge in [0.2, 0.25) is 11.9 Å². The highest BCUT2D eigenvalue weighted by Gasteiger charge is 2.31. The average molecular weight is 457 g/mol. The number of rotatable bonds is 7. The highest BCUT2D eigenvalue weighted by Crippen LogP contribution is 2.31. The predicted octanol–water partition coefficient (Wildman–Crippen LogP) is 4.92. The van der Waals surface area contributed by atoms with Crippen molar-refractivity contribution in [2.75, 3.05) is 11.1 Å². The zero-order chi connectivity index (χ0) is 22.6. The number of halogens is 3. The smallest absolute Gasteiger partial charge is 0.368 e. The number of nitrogens with zero attached hydrogens (tertiary/aromatic N) is 5. The number of nitrogen functional groups attached to an aromatic ring is 1. The van der Waals surface area contributed by atoms with Crippen molar-refractivity contribution in [2.45, 2.75) is 23.6 Å². The number of para-hydroxylation sites is 1. The molecule has 0 aliphatic rings. The minimum atomic E-state index is -4.40. The first-order chi connectivity index (χ1) is 15.4. The quantitative estimate of drug-likeness (QED) is 0.381. The number of thioether (sulfide) groups is 1. The fourth-order valence-corrected chi connectivity index (χ4v) is 3.82. The Kier molecular flexibility index (Phi) is 6.26. The molecule has 0 fully saturated rings. The van der Waals surface area contributed by atoms with Crippen molar-refractivity contribution in [3.63, 3.8) is 0 Å². The van der Waals surface area contributed by atoms with E-state index < -0.39 is 12.7 Å². The van der Waals surface area contributed by atoms with Gasteiger partial charge in [-0.2, -0.15) is 28.1 Å². The van der Waals surface area contributed by atoms with Gasteiger partial charge in [-0.3, -0.25) is 0 Å². The van der Waals surface area contributed by atoms with Crippen LogP contribution in [-0.2, 0) is 12.3 Å². The summed E-state index contributed by atoms with van der Waals surface area (Å²) in [5, 5.41) is 3.24. The van der Waals surface area contributed by atoms with Crippen LogP contribution in [0.4, 0.5) is 30.8 Å². The molecule has 32 heavy (non-hydrogen) atoms. The van der Waals surface area contributed by atoms with E-state index in [9.17, 15) is 13.2 Å². The van der Waals surface area contributed by atoms with E-state index in [1.807, 2.05) is 30.3 Å². The summed E-state index contributed by atoms with van der Waals surface area (Å²) < 4.78 is 40.9. The summed E-state index contributed by atoms with van der Waals surface area (Å²) in [5.41, 5.74) is 7.59. The van der Waals surface area contributed by atoms with E-state index in [0.717, 1.165) is 22.0 Å². The minimum Gasteiger partial charge on any atom is -0.368 e. The second-order valence-electron chi connectivity index (χ2n) is 6.71. The monoisotopic (exact) mass is 457 g/mol. The first-order valence-electron chi connectivity index (χ1n) is 9.50. The Hall–Kier alpha value is -3.60. The van der Waals surface area contributed by atoms with Gasteiger partial charge in [0, 0.05) is 5.69 Å². The Morgan fingerprint density at radius 1 is 0.938 bits per heavy atom. The van der Waals surface area contributed by atoms with Crippen molar-refractivity contribution in [1.29, 1.82) is 0 Å². The lowest BCUT2D eigenvalue weighted by Crippen LogP contribution is -2.19. The van der Waals surface area contributed by atoms with E-state index in [2.05, 4.69) is 25.3 Å². The molecule has 0 spiro atoms. The summed E-state index contributed by atoms with van der Waals surface area (Å²) >= 11 is 1.10. The summed E-state index contributed by atoms with van der Waals surface area (Å²) in [5.74, 6) is 0.753. The van der Waals surface area contributed by atoms with Gasteiger partial charge < -0.3 is 15.6 Å². The SMILES string of the molecule is Nc1nc(CSc2ncc(-c3ccccc3)n2CC(F)(F)F)nc(Nc2ccccc2)n1. The number of hydrogen-bond acceptors (Lipinski definition) is 7. The van der Waals surface area contributed by atoms with E-state index in [0.29, 0.717) is 17.1 Å². The first kappa shape index (κ1) is 21.6. The molecule has 4 rings (SSSR count). The number of anilines is 3. The van der Waals surface area contributed by atoms with E-state index >= 15 is 0 Å². The van der Waals surface area contributed by atoms with E-state index in [4.69, 9.17) is 5.73 Å². The topological polar surface area (TPSA) is 94.5 Å². The van der Waals surface area contributed by atoms with E-state index in [1.165, 1.54) is 6.20 Å². The maximum atomic E-state index is 13.3. The number of benzene rings is 2. The van der Waals surface area contributed by atoms with Crippen molar-refractivity contribution in [3.8, 4) is 11.3 Å². The highest BCUT2D eigenvalue weighted by molar-refractivity contribution is 7.98. The molecule has 0 aliphatic heterocycles. The molecule has 0 atom stereocenters. The van der Waals surface area contributed by atoms with Crippen molar-refractivity contribution < 1.29 is 13.2 Å².